The third kappa shape index (κ3) is 4.31. The van der Waals surface area contributed by atoms with Crippen LogP contribution in [0.25, 0.3) is 0 Å². The summed E-state index contributed by atoms with van der Waals surface area (Å²) in [5, 5.41) is 0. The summed E-state index contributed by atoms with van der Waals surface area (Å²) in [4.78, 5) is 12.5. The molecule has 1 atom stereocenters. The van der Waals surface area contributed by atoms with Gasteiger partial charge in [-0.3, -0.25) is 4.79 Å². The molecule has 0 N–H and O–H groups in total. The minimum atomic E-state index is -0.0293. The summed E-state index contributed by atoms with van der Waals surface area (Å²) in [6.07, 6.45) is 21.1. The van der Waals surface area contributed by atoms with Crippen molar-refractivity contribution in [2.45, 2.75) is 43.4 Å². The minimum absolute atomic E-state index is 0.0293. The fraction of sp³-hybridized carbons (Fsp3) is 0.471. The Morgan fingerprint density at radius 1 is 1.00 bits per heavy atom. The van der Waals surface area contributed by atoms with Gasteiger partial charge in [-0.1, -0.05) is 84.1 Å². The lowest BCUT2D eigenvalue weighted by Crippen LogP contribution is -2.24. The first-order chi connectivity index (χ1) is 9.29. The van der Waals surface area contributed by atoms with Crippen LogP contribution in [-0.2, 0) is 4.79 Å². The first-order valence-corrected chi connectivity index (χ1v) is 8.10. The van der Waals surface area contributed by atoms with Crippen molar-refractivity contribution in [3.05, 3.63) is 48.1 Å². The van der Waals surface area contributed by atoms with Crippen molar-refractivity contribution in [1.82, 2.24) is 0 Å². The van der Waals surface area contributed by atoms with E-state index in [2.05, 4.69) is 15.9 Å². The van der Waals surface area contributed by atoms with Crippen molar-refractivity contribution in [1.29, 1.82) is 0 Å². The van der Waals surface area contributed by atoms with Crippen molar-refractivity contribution in [2.24, 2.45) is 5.92 Å². The van der Waals surface area contributed by atoms with Crippen LogP contribution in [0.2, 0.25) is 0 Å². The zero-order chi connectivity index (χ0) is 13.5. The molecule has 1 saturated carbocycles. The van der Waals surface area contributed by atoms with Crippen LogP contribution in [0, 0.1) is 5.92 Å². The predicted octanol–water partition coefficient (Wildman–Crippen LogP) is 4.90. The number of carbonyl (C=O) groups excluding carboxylic acids is 1. The second kappa shape index (κ2) is 7.64. The molecule has 1 fully saturated rings. The highest BCUT2D eigenvalue weighted by Crippen LogP contribution is 2.31. The first-order valence-electron chi connectivity index (χ1n) is 7.19. The third-order valence-corrected chi connectivity index (χ3v) is 5.01. The van der Waals surface area contributed by atoms with Crippen molar-refractivity contribution in [2.75, 3.05) is 0 Å². The van der Waals surface area contributed by atoms with Gasteiger partial charge in [0.1, 0.15) is 0 Å². The van der Waals surface area contributed by atoms with Gasteiger partial charge in [-0.05, 0) is 18.8 Å². The second-order valence-electron chi connectivity index (χ2n) is 5.27. The predicted molar refractivity (Wildman–Crippen MR) is 84.4 cm³/mol. The highest BCUT2D eigenvalue weighted by atomic mass is 79.9. The number of rotatable bonds is 3. The molecule has 0 aliphatic heterocycles. The number of allylic oxidation sites excluding steroid dienone is 8. The highest BCUT2D eigenvalue weighted by Gasteiger charge is 2.27. The van der Waals surface area contributed by atoms with E-state index < -0.39 is 0 Å². The van der Waals surface area contributed by atoms with Gasteiger partial charge >= 0.3 is 0 Å². The van der Waals surface area contributed by atoms with Crippen molar-refractivity contribution in [3.8, 4) is 0 Å². The fourth-order valence-electron chi connectivity index (χ4n) is 2.71. The maximum absolute atomic E-state index is 12.6. The molecule has 2 rings (SSSR count). The standard InChI is InChI=1S/C17H21BrO/c18-16(14-10-6-4-5-7-11-14)17(19)15-12-8-2-1-3-9-13-15/h1-3,8-9,12-14,16H,4-7,10-11H2/b2-1-,3-1?,8-2?,9-3-,12-8-,13-9?,15-12?,15-13+. The Balaban J connectivity index is 2.05. The maximum Gasteiger partial charge on any atom is 0.176 e. The average molecular weight is 321 g/mol. The van der Waals surface area contributed by atoms with E-state index in [9.17, 15) is 4.79 Å². The van der Waals surface area contributed by atoms with E-state index in [1.165, 1.54) is 38.5 Å². The van der Waals surface area contributed by atoms with Crippen LogP contribution in [0.1, 0.15) is 38.5 Å². The van der Waals surface area contributed by atoms with E-state index in [-0.39, 0.29) is 10.6 Å². The number of ketones is 1. The molecular formula is C17H21BrO. The molecule has 0 saturated heterocycles. The van der Waals surface area contributed by atoms with Gasteiger partial charge in [0.2, 0.25) is 0 Å². The largest absolute Gasteiger partial charge is 0.293 e. The van der Waals surface area contributed by atoms with Gasteiger partial charge in [0.15, 0.2) is 5.78 Å². The Labute approximate surface area is 124 Å². The Bertz CT molecular complexity index is 421. The normalized spacial score (nSPS) is 30.1. The van der Waals surface area contributed by atoms with Crippen LogP contribution in [0.4, 0.5) is 0 Å². The number of hydrogen-bond donors (Lipinski definition) is 0. The third-order valence-electron chi connectivity index (χ3n) is 3.84. The van der Waals surface area contributed by atoms with Crippen molar-refractivity contribution in [3.63, 3.8) is 0 Å². The molecule has 19 heavy (non-hydrogen) atoms. The van der Waals surface area contributed by atoms with Gasteiger partial charge in [-0.2, -0.15) is 0 Å². The molecule has 0 heterocycles. The summed E-state index contributed by atoms with van der Waals surface area (Å²) in [5.74, 6) is 0.720. The lowest BCUT2D eigenvalue weighted by atomic mass is 9.91. The molecule has 0 aromatic carbocycles. The molecule has 0 spiro atoms. The van der Waals surface area contributed by atoms with Crippen LogP contribution < -0.4 is 0 Å². The lowest BCUT2D eigenvalue weighted by molar-refractivity contribution is -0.115. The summed E-state index contributed by atoms with van der Waals surface area (Å²) in [7, 11) is 0. The van der Waals surface area contributed by atoms with E-state index in [1.54, 1.807) is 0 Å². The molecule has 0 aromatic heterocycles. The fourth-order valence-corrected chi connectivity index (χ4v) is 3.50. The highest BCUT2D eigenvalue weighted by molar-refractivity contribution is 9.10. The zero-order valence-corrected chi connectivity index (χ0v) is 12.8. The minimum Gasteiger partial charge on any atom is -0.293 e. The number of halogens is 1. The number of carbonyl (C=O) groups is 1. The molecule has 2 aliphatic rings. The summed E-state index contributed by atoms with van der Waals surface area (Å²) < 4.78 is 0. The summed E-state index contributed by atoms with van der Waals surface area (Å²) in [6, 6.07) is 0. The van der Waals surface area contributed by atoms with Crippen molar-refractivity contribution >= 4 is 21.7 Å². The first kappa shape index (κ1) is 14.5. The van der Waals surface area contributed by atoms with Gasteiger partial charge in [-0.25, -0.2) is 0 Å². The number of hydrogen-bond acceptors (Lipinski definition) is 1. The molecular weight excluding hydrogens is 300 g/mol. The van der Waals surface area contributed by atoms with Gasteiger partial charge in [0.25, 0.3) is 0 Å². The van der Waals surface area contributed by atoms with Crippen LogP contribution in [0.15, 0.2) is 48.1 Å². The molecule has 0 amide bonds. The topological polar surface area (TPSA) is 17.1 Å². The molecule has 102 valence electrons. The van der Waals surface area contributed by atoms with Gasteiger partial charge in [0.05, 0.1) is 4.83 Å². The average Bonchev–Trinajstić information content (AvgIpc) is 2.65. The van der Waals surface area contributed by atoms with E-state index in [4.69, 9.17) is 0 Å². The molecule has 1 nitrogen and oxygen atoms in total. The van der Waals surface area contributed by atoms with Gasteiger partial charge in [0, 0.05) is 5.57 Å². The van der Waals surface area contributed by atoms with E-state index in [0.29, 0.717) is 5.92 Å². The molecule has 0 bridgehead atoms. The smallest absolute Gasteiger partial charge is 0.176 e. The van der Waals surface area contributed by atoms with Crippen molar-refractivity contribution < 1.29 is 4.79 Å². The summed E-state index contributed by atoms with van der Waals surface area (Å²) >= 11 is 3.65. The Kier molecular flexibility index (Phi) is 5.84. The van der Waals surface area contributed by atoms with E-state index in [1.807, 2.05) is 42.5 Å². The molecule has 2 aliphatic carbocycles. The van der Waals surface area contributed by atoms with Gasteiger partial charge in [-0.15, -0.1) is 0 Å². The SMILES string of the molecule is O=C(C1=C/C=C\C=C/C=C\1)C(Br)C1CCCCCC1. The quantitative estimate of drug-likeness (QED) is 0.534. The van der Waals surface area contributed by atoms with Crippen LogP contribution >= 0.6 is 15.9 Å². The van der Waals surface area contributed by atoms with Gasteiger partial charge < -0.3 is 0 Å². The van der Waals surface area contributed by atoms with E-state index in [0.717, 1.165) is 5.57 Å². The molecule has 0 aromatic rings. The Morgan fingerprint density at radius 3 is 2.37 bits per heavy atom. The van der Waals surface area contributed by atoms with Crippen LogP contribution in [-0.4, -0.2) is 10.6 Å². The lowest BCUT2D eigenvalue weighted by Gasteiger charge is -2.20. The summed E-state index contributed by atoms with van der Waals surface area (Å²) in [5.41, 5.74) is 0.798. The summed E-state index contributed by atoms with van der Waals surface area (Å²) in [6.45, 7) is 0. The number of alkyl halides is 1. The Hall–Kier alpha value is -0.890. The van der Waals surface area contributed by atoms with Crippen LogP contribution in [0.3, 0.4) is 0 Å². The number of Topliss-reactive ketones (excluding diaryl/α,β-unsaturated/α-hetero) is 1. The van der Waals surface area contributed by atoms with Crippen LogP contribution in [0.5, 0.6) is 0 Å². The zero-order valence-electron chi connectivity index (χ0n) is 11.2. The molecule has 0 radical (unpaired) electrons. The Morgan fingerprint density at radius 2 is 1.63 bits per heavy atom. The monoisotopic (exact) mass is 320 g/mol. The second-order valence-corrected chi connectivity index (χ2v) is 6.26. The molecule has 1 unspecified atom stereocenters. The van der Waals surface area contributed by atoms with E-state index >= 15 is 0 Å². The molecule has 2 heteroatoms. The maximum atomic E-state index is 12.6.